The van der Waals surface area contributed by atoms with Crippen molar-refractivity contribution in [1.82, 2.24) is 5.32 Å². The van der Waals surface area contributed by atoms with Gasteiger partial charge in [0.25, 0.3) is 5.91 Å². The first-order valence-corrected chi connectivity index (χ1v) is 8.72. The van der Waals surface area contributed by atoms with Crippen LogP contribution >= 0.6 is 27.5 Å². The highest BCUT2D eigenvalue weighted by atomic mass is 79.9. The van der Waals surface area contributed by atoms with Crippen molar-refractivity contribution in [3.05, 3.63) is 68.7 Å². The first-order chi connectivity index (χ1) is 11.1. The van der Waals surface area contributed by atoms with Gasteiger partial charge in [-0.05, 0) is 58.1 Å². The van der Waals surface area contributed by atoms with Crippen molar-refractivity contribution in [3.8, 4) is 0 Å². The Balaban J connectivity index is 1.91. The molecule has 2 unspecified atom stereocenters. The van der Waals surface area contributed by atoms with Crippen molar-refractivity contribution in [1.29, 1.82) is 0 Å². The van der Waals surface area contributed by atoms with Gasteiger partial charge in [-0.1, -0.05) is 35.9 Å². The molecular weight excluding hydrogens is 378 g/mol. The Labute approximate surface area is 148 Å². The molecule has 0 saturated heterocycles. The zero-order chi connectivity index (χ0) is 16.4. The summed E-state index contributed by atoms with van der Waals surface area (Å²) in [6.07, 6.45) is 1.78. The molecule has 0 heterocycles. The van der Waals surface area contributed by atoms with Crippen molar-refractivity contribution in [2.75, 3.05) is 6.61 Å². The Hall–Kier alpha value is -1.36. The highest BCUT2D eigenvalue weighted by Gasteiger charge is 2.30. The van der Waals surface area contributed by atoms with Crippen LogP contribution < -0.4 is 5.32 Å². The van der Waals surface area contributed by atoms with E-state index in [1.807, 2.05) is 18.2 Å². The van der Waals surface area contributed by atoms with Crippen LogP contribution in [0.4, 0.5) is 0 Å². The summed E-state index contributed by atoms with van der Waals surface area (Å²) in [5.41, 5.74) is 2.81. The van der Waals surface area contributed by atoms with Crippen LogP contribution in [-0.4, -0.2) is 17.6 Å². The van der Waals surface area contributed by atoms with Gasteiger partial charge in [-0.15, -0.1) is 0 Å². The molecular formula is C18H17BrClNO2. The van der Waals surface area contributed by atoms with Crippen molar-refractivity contribution in [3.63, 3.8) is 0 Å². The molecule has 1 amide bonds. The summed E-state index contributed by atoms with van der Waals surface area (Å²) in [7, 11) is 0. The van der Waals surface area contributed by atoms with Gasteiger partial charge >= 0.3 is 0 Å². The van der Waals surface area contributed by atoms with E-state index in [4.69, 9.17) is 11.6 Å². The molecule has 0 bridgehead atoms. The van der Waals surface area contributed by atoms with Crippen molar-refractivity contribution >= 4 is 33.4 Å². The molecule has 1 aliphatic carbocycles. The molecule has 0 saturated carbocycles. The standard InChI is InChI=1S/C18H17BrClNO2/c19-16-8-7-13(20)9-15(16)18(23)21-17-12(10-22)6-5-11-3-1-2-4-14(11)17/h1-4,7-9,12,17,22H,5-6,10H2,(H,21,23). The van der Waals surface area contributed by atoms with E-state index < -0.39 is 0 Å². The number of rotatable bonds is 3. The van der Waals surface area contributed by atoms with Gasteiger partial charge in [-0.2, -0.15) is 0 Å². The molecule has 2 aromatic carbocycles. The Morgan fingerprint density at radius 1 is 1.30 bits per heavy atom. The predicted octanol–water partition coefficient (Wildman–Crippen LogP) is 4.13. The molecule has 2 aromatic rings. The monoisotopic (exact) mass is 393 g/mol. The first-order valence-electron chi connectivity index (χ1n) is 7.54. The van der Waals surface area contributed by atoms with Crippen LogP contribution in [0, 0.1) is 5.92 Å². The minimum atomic E-state index is -0.195. The number of nitrogens with one attached hydrogen (secondary N) is 1. The van der Waals surface area contributed by atoms with E-state index in [9.17, 15) is 9.90 Å². The Kier molecular flexibility index (Phi) is 5.05. The summed E-state index contributed by atoms with van der Waals surface area (Å²) in [5, 5.41) is 13.3. The first kappa shape index (κ1) is 16.5. The van der Waals surface area contributed by atoms with Gasteiger partial charge in [-0.25, -0.2) is 0 Å². The fraction of sp³-hybridized carbons (Fsp3) is 0.278. The summed E-state index contributed by atoms with van der Waals surface area (Å²) in [6.45, 7) is 0.0516. The van der Waals surface area contributed by atoms with Crippen molar-refractivity contribution < 1.29 is 9.90 Å². The molecule has 1 aliphatic rings. The molecule has 5 heteroatoms. The quantitative estimate of drug-likeness (QED) is 0.822. The number of halogens is 2. The second-order valence-electron chi connectivity index (χ2n) is 5.76. The minimum Gasteiger partial charge on any atom is -0.396 e. The molecule has 0 aliphatic heterocycles. The van der Waals surface area contributed by atoms with E-state index in [2.05, 4.69) is 27.3 Å². The average molecular weight is 395 g/mol. The Morgan fingerprint density at radius 2 is 2.09 bits per heavy atom. The van der Waals surface area contributed by atoms with E-state index in [-0.39, 0.29) is 24.5 Å². The molecule has 3 nitrogen and oxygen atoms in total. The zero-order valence-corrected chi connectivity index (χ0v) is 14.8. The summed E-state index contributed by atoms with van der Waals surface area (Å²) in [4.78, 5) is 12.7. The van der Waals surface area contributed by atoms with Crippen molar-refractivity contribution in [2.24, 2.45) is 5.92 Å². The van der Waals surface area contributed by atoms with Gasteiger partial charge in [0.2, 0.25) is 0 Å². The highest BCUT2D eigenvalue weighted by molar-refractivity contribution is 9.10. The van der Waals surface area contributed by atoms with E-state index in [0.717, 1.165) is 18.4 Å². The second-order valence-corrected chi connectivity index (χ2v) is 7.05. The third-order valence-electron chi connectivity index (χ3n) is 4.34. The number of aliphatic hydroxyl groups is 1. The van der Waals surface area contributed by atoms with Crippen LogP contribution in [0.15, 0.2) is 46.9 Å². The van der Waals surface area contributed by atoms with E-state index >= 15 is 0 Å². The number of carbonyl (C=O) groups is 1. The number of carbonyl (C=O) groups excluding carboxylic acids is 1. The van der Waals surface area contributed by atoms with Gasteiger partial charge in [0.05, 0.1) is 11.6 Å². The minimum absolute atomic E-state index is 0.0202. The summed E-state index contributed by atoms with van der Waals surface area (Å²) in [6, 6.07) is 13.0. The topological polar surface area (TPSA) is 49.3 Å². The lowest BCUT2D eigenvalue weighted by Gasteiger charge is -2.33. The number of aryl methyl sites for hydroxylation is 1. The maximum absolute atomic E-state index is 12.7. The van der Waals surface area contributed by atoms with Crippen LogP contribution in [0.25, 0.3) is 0 Å². The molecule has 0 radical (unpaired) electrons. The lowest BCUT2D eigenvalue weighted by molar-refractivity contribution is 0.0892. The van der Waals surface area contributed by atoms with E-state index in [1.54, 1.807) is 18.2 Å². The van der Waals surface area contributed by atoms with Crippen LogP contribution in [0.2, 0.25) is 5.02 Å². The lowest BCUT2D eigenvalue weighted by Crippen LogP contribution is -2.38. The van der Waals surface area contributed by atoms with Crippen LogP contribution in [0.3, 0.4) is 0 Å². The maximum atomic E-state index is 12.7. The fourth-order valence-corrected chi connectivity index (χ4v) is 3.71. The molecule has 23 heavy (non-hydrogen) atoms. The number of benzene rings is 2. The SMILES string of the molecule is O=C(NC1c2ccccc2CCC1CO)c1cc(Cl)ccc1Br. The molecule has 2 atom stereocenters. The Morgan fingerprint density at radius 3 is 2.87 bits per heavy atom. The molecule has 0 aromatic heterocycles. The van der Waals surface area contributed by atoms with Gasteiger partial charge in [0.15, 0.2) is 0 Å². The highest BCUT2D eigenvalue weighted by Crippen LogP contribution is 2.34. The molecule has 0 spiro atoms. The van der Waals surface area contributed by atoms with Gasteiger partial charge in [0, 0.05) is 22.0 Å². The molecule has 2 N–H and O–H groups in total. The maximum Gasteiger partial charge on any atom is 0.252 e. The number of fused-ring (bicyclic) bond motifs is 1. The largest absolute Gasteiger partial charge is 0.396 e. The van der Waals surface area contributed by atoms with E-state index in [0.29, 0.717) is 15.1 Å². The van der Waals surface area contributed by atoms with Gasteiger partial charge in [-0.3, -0.25) is 4.79 Å². The zero-order valence-electron chi connectivity index (χ0n) is 12.4. The number of aliphatic hydroxyl groups excluding tert-OH is 1. The predicted molar refractivity (Wildman–Crippen MR) is 94.7 cm³/mol. The number of amides is 1. The van der Waals surface area contributed by atoms with E-state index in [1.165, 1.54) is 5.56 Å². The van der Waals surface area contributed by atoms with Crippen LogP contribution in [0.1, 0.15) is 33.9 Å². The van der Waals surface area contributed by atoms with Crippen LogP contribution in [-0.2, 0) is 6.42 Å². The normalized spacial score (nSPS) is 20.0. The fourth-order valence-electron chi connectivity index (χ4n) is 3.11. The average Bonchev–Trinajstić information content (AvgIpc) is 2.57. The number of hydrogen-bond donors (Lipinski definition) is 2. The van der Waals surface area contributed by atoms with Crippen molar-refractivity contribution in [2.45, 2.75) is 18.9 Å². The summed E-state index contributed by atoms with van der Waals surface area (Å²) >= 11 is 9.39. The lowest BCUT2D eigenvalue weighted by atomic mass is 9.80. The molecule has 0 fully saturated rings. The van der Waals surface area contributed by atoms with Crippen LogP contribution in [0.5, 0.6) is 0 Å². The third kappa shape index (κ3) is 3.44. The molecule has 3 rings (SSSR count). The summed E-state index contributed by atoms with van der Waals surface area (Å²) in [5.74, 6) is -0.175. The Bertz CT molecular complexity index is 735. The third-order valence-corrected chi connectivity index (χ3v) is 5.27. The number of hydrogen-bond acceptors (Lipinski definition) is 2. The van der Waals surface area contributed by atoms with Gasteiger partial charge in [0.1, 0.15) is 0 Å². The molecule has 120 valence electrons. The second kappa shape index (κ2) is 7.04. The smallest absolute Gasteiger partial charge is 0.252 e. The van der Waals surface area contributed by atoms with Gasteiger partial charge < -0.3 is 10.4 Å². The summed E-state index contributed by atoms with van der Waals surface area (Å²) < 4.78 is 0.698.